The van der Waals surface area contributed by atoms with E-state index in [0.717, 1.165) is 30.4 Å². The fourth-order valence-electron chi connectivity index (χ4n) is 3.37. The summed E-state index contributed by atoms with van der Waals surface area (Å²) in [7, 11) is 0. The summed E-state index contributed by atoms with van der Waals surface area (Å²) in [4.78, 5) is 0. The molecule has 0 heterocycles. The van der Waals surface area contributed by atoms with Crippen molar-refractivity contribution in [2.45, 2.75) is 33.1 Å². The van der Waals surface area contributed by atoms with Gasteiger partial charge in [0.15, 0.2) is 0 Å². The number of phenols is 1. The van der Waals surface area contributed by atoms with E-state index in [0.29, 0.717) is 5.75 Å². The van der Waals surface area contributed by atoms with Crippen molar-refractivity contribution in [2.24, 2.45) is 5.41 Å². The van der Waals surface area contributed by atoms with Gasteiger partial charge in [-0.15, -0.1) is 0 Å². The molecule has 1 nitrogen and oxygen atoms in total. The molecular weight excluding hydrogens is 304 g/mol. The minimum Gasteiger partial charge on any atom is -0.507 e. The first-order valence-electron chi connectivity index (χ1n) is 8.95. The molecule has 0 spiro atoms. The third kappa shape index (κ3) is 4.51. The van der Waals surface area contributed by atoms with Gasteiger partial charge in [-0.05, 0) is 47.4 Å². The molecule has 0 atom stereocenters. The lowest BCUT2D eigenvalue weighted by Gasteiger charge is -2.26. The van der Waals surface area contributed by atoms with Crippen molar-refractivity contribution in [2.75, 3.05) is 0 Å². The number of rotatable bonds is 6. The van der Waals surface area contributed by atoms with Gasteiger partial charge in [-0.1, -0.05) is 86.6 Å². The molecule has 25 heavy (non-hydrogen) atoms. The molecule has 0 saturated carbocycles. The zero-order valence-corrected chi connectivity index (χ0v) is 15.1. The predicted molar refractivity (Wildman–Crippen MR) is 106 cm³/mol. The Hall–Kier alpha value is -2.54. The van der Waals surface area contributed by atoms with Crippen LogP contribution in [0.25, 0.3) is 11.1 Å². The van der Waals surface area contributed by atoms with Crippen molar-refractivity contribution in [3.63, 3.8) is 0 Å². The highest BCUT2D eigenvalue weighted by molar-refractivity contribution is 5.73. The summed E-state index contributed by atoms with van der Waals surface area (Å²) in [6.45, 7) is 4.66. The van der Waals surface area contributed by atoms with E-state index < -0.39 is 0 Å². The molecule has 0 unspecified atom stereocenters. The van der Waals surface area contributed by atoms with Crippen LogP contribution in [-0.4, -0.2) is 5.11 Å². The van der Waals surface area contributed by atoms with E-state index in [1.807, 2.05) is 24.3 Å². The molecular formula is C24H26O. The first-order chi connectivity index (χ1) is 12.1. The Labute approximate surface area is 151 Å². The molecule has 3 rings (SSSR count). The van der Waals surface area contributed by atoms with Gasteiger partial charge in [0.05, 0.1) is 0 Å². The molecule has 0 fully saturated rings. The van der Waals surface area contributed by atoms with Crippen LogP contribution in [0.3, 0.4) is 0 Å². The van der Waals surface area contributed by atoms with Crippen LogP contribution in [0.2, 0.25) is 0 Å². The summed E-state index contributed by atoms with van der Waals surface area (Å²) >= 11 is 0. The summed E-state index contributed by atoms with van der Waals surface area (Å²) in [6.07, 6.45) is 3.21. The second-order valence-corrected chi connectivity index (χ2v) is 7.50. The highest BCUT2D eigenvalue weighted by Gasteiger charge is 2.21. The minimum absolute atomic E-state index is 0.191. The molecule has 0 aliphatic heterocycles. The molecule has 0 saturated heterocycles. The zero-order valence-electron chi connectivity index (χ0n) is 15.1. The normalized spacial score (nSPS) is 11.4. The number of benzene rings is 3. The van der Waals surface area contributed by atoms with Gasteiger partial charge in [0.2, 0.25) is 0 Å². The topological polar surface area (TPSA) is 20.2 Å². The van der Waals surface area contributed by atoms with E-state index in [-0.39, 0.29) is 5.41 Å². The Bertz CT molecular complexity index is 818. The standard InChI is InChI=1S/C24H26O/c1-24(2,17-16-19-10-4-3-5-11-19)18-20-12-6-7-13-21(20)22-14-8-9-15-23(22)25/h3-15,25H,16-18H2,1-2H3. The first-order valence-corrected chi connectivity index (χ1v) is 8.95. The maximum absolute atomic E-state index is 10.2. The Morgan fingerprint density at radius 1 is 0.720 bits per heavy atom. The number of hydrogen-bond acceptors (Lipinski definition) is 1. The van der Waals surface area contributed by atoms with E-state index in [1.165, 1.54) is 11.1 Å². The van der Waals surface area contributed by atoms with Crippen LogP contribution in [0, 0.1) is 5.41 Å². The van der Waals surface area contributed by atoms with E-state index in [9.17, 15) is 5.11 Å². The summed E-state index contributed by atoms with van der Waals surface area (Å²) < 4.78 is 0. The average Bonchev–Trinajstić information content (AvgIpc) is 2.62. The third-order valence-electron chi connectivity index (χ3n) is 4.81. The first kappa shape index (κ1) is 17.3. The van der Waals surface area contributed by atoms with E-state index >= 15 is 0 Å². The van der Waals surface area contributed by atoms with Crippen LogP contribution in [0.15, 0.2) is 78.9 Å². The van der Waals surface area contributed by atoms with Gasteiger partial charge in [0, 0.05) is 5.56 Å². The summed E-state index contributed by atoms with van der Waals surface area (Å²) in [6, 6.07) is 26.7. The molecule has 1 heteroatoms. The van der Waals surface area contributed by atoms with Crippen LogP contribution >= 0.6 is 0 Å². The van der Waals surface area contributed by atoms with Crippen molar-refractivity contribution < 1.29 is 5.11 Å². The lowest BCUT2D eigenvalue weighted by Crippen LogP contribution is -2.16. The molecule has 0 aliphatic rings. The molecule has 0 amide bonds. The van der Waals surface area contributed by atoms with Crippen LogP contribution < -0.4 is 0 Å². The fourth-order valence-corrected chi connectivity index (χ4v) is 3.37. The SMILES string of the molecule is CC(C)(CCc1ccccc1)Cc1ccccc1-c1ccccc1O. The monoisotopic (exact) mass is 330 g/mol. The van der Waals surface area contributed by atoms with Gasteiger partial charge in [0.1, 0.15) is 5.75 Å². The summed E-state index contributed by atoms with van der Waals surface area (Å²) in [5.74, 6) is 0.344. The predicted octanol–water partition coefficient (Wildman–Crippen LogP) is 6.26. The van der Waals surface area contributed by atoms with Crippen molar-refractivity contribution in [3.05, 3.63) is 90.0 Å². The third-order valence-corrected chi connectivity index (χ3v) is 4.81. The van der Waals surface area contributed by atoms with E-state index in [4.69, 9.17) is 0 Å². The Morgan fingerprint density at radius 3 is 2.04 bits per heavy atom. The largest absolute Gasteiger partial charge is 0.507 e. The van der Waals surface area contributed by atoms with Gasteiger partial charge < -0.3 is 5.11 Å². The fraction of sp³-hybridized carbons (Fsp3) is 0.250. The number of aromatic hydroxyl groups is 1. The van der Waals surface area contributed by atoms with Gasteiger partial charge in [0.25, 0.3) is 0 Å². The number of para-hydroxylation sites is 1. The molecule has 0 bridgehead atoms. The molecule has 3 aromatic carbocycles. The highest BCUT2D eigenvalue weighted by atomic mass is 16.3. The number of hydrogen-bond donors (Lipinski definition) is 1. The van der Waals surface area contributed by atoms with Gasteiger partial charge in [-0.3, -0.25) is 0 Å². The second kappa shape index (κ2) is 7.57. The Morgan fingerprint density at radius 2 is 1.32 bits per heavy atom. The van der Waals surface area contributed by atoms with Crippen molar-refractivity contribution in [1.29, 1.82) is 0 Å². The average molecular weight is 330 g/mol. The van der Waals surface area contributed by atoms with E-state index in [1.54, 1.807) is 6.07 Å². The van der Waals surface area contributed by atoms with E-state index in [2.05, 4.69) is 62.4 Å². The van der Waals surface area contributed by atoms with Gasteiger partial charge >= 0.3 is 0 Å². The van der Waals surface area contributed by atoms with Crippen molar-refractivity contribution in [3.8, 4) is 16.9 Å². The number of phenolic OH excluding ortho intramolecular Hbond substituents is 1. The maximum atomic E-state index is 10.2. The molecule has 0 aliphatic carbocycles. The summed E-state index contributed by atoms with van der Waals surface area (Å²) in [5.41, 5.74) is 4.92. The van der Waals surface area contributed by atoms with Crippen LogP contribution in [0.4, 0.5) is 0 Å². The van der Waals surface area contributed by atoms with Crippen LogP contribution in [0.1, 0.15) is 31.4 Å². The lowest BCUT2D eigenvalue weighted by atomic mass is 9.79. The van der Waals surface area contributed by atoms with Crippen LogP contribution in [-0.2, 0) is 12.8 Å². The minimum atomic E-state index is 0.191. The number of aryl methyl sites for hydroxylation is 1. The quantitative estimate of drug-likeness (QED) is 0.565. The zero-order chi connectivity index (χ0) is 17.7. The Kier molecular flexibility index (Phi) is 5.23. The molecule has 0 aromatic heterocycles. The van der Waals surface area contributed by atoms with Crippen LogP contribution in [0.5, 0.6) is 5.75 Å². The van der Waals surface area contributed by atoms with Gasteiger partial charge in [-0.2, -0.15) is 0 Å². The van der Waals surface area contributed by atoms with Crippen molar-refractivity contribution in [1.82, 2.24) is 0 Å². The van der Waals surface area contributed by atoms with Crippen molar-refractivity contribution >= 4 is 0 Å². The molecule has 1 N–H and O–H groups in total. The summed E-state index contributed by atoms with van der Waals surface area (Å²) in [5, 5.41) is 10.2. The lowest BCUT2D eigenvalue weighted by molar-refractivity contribution is 0.333. The molecule has 3 aromatic rings. The Balaban J connectivity index is 1.79. The smallest absolute Gasteiger partial charge is 0.123 e. The highest BCUT2D eigenvalue weighted by Crippen LogP contribution is 2.36. The van der Waals surface area contributed by atoms with Gasteiger partial charge in [-0.25, -0.2) is 0 Å². The second-order valence-electron chi connectivity index (χ2n) is 7.50. The maximum Gasteiger partial charge on any atom is 0.123 e. The molecule has 0 radical (unpaired) electrons. The molecule has 128 valence electrons.